The molecule has 26 heavy (non-hydrogen) atoms. The van der Waals surface area contributed by atoms with Gasteiger partial charge in [0.1, 0.15) is 0 Å². The second-order valence-electron chi connectivity index (χ2n) is 6.78. The largest absolute Gasteiger partial charge is 0.318 e. The average Bonchev–Trinajstić information content (AvgIpc) is 3.12. The molecule has 0 saturated heterocycles. The summed E-state index contributed by atoms with van der Waals surface area (Å²) >= 11 is 0. The van der Waals surface area contributed by atoms with Crippen LogP contribution in [0, 0.1) is 5.92 Å². The van der Waals surface area contributed by atoms with Crippen LogP contribution in [0.5, 0.6) is 0 Å². The van der Waals surface area contributed by atoms with E-state index in [1.54, 1.807) is 0 Å². The Morgan fingerprint density at radius 3 is 2.54 bits per heavy atom. The average molecular weight is 348 g/mol. The van der Waals surface area contributed by atoms with Crippen molar-refractivity contribution in [3.8, 4) is 11.1 Å². The zero-order valence-electron chi connectivity index (χ0n) is 15.7. The van der Waals surface area contributed by atoms with Crippen molar-refractivity contribution in [2.75, 3.05) is 40.3 Å². The van der Waals surface area contributed by atoms with Crippen molar-refractivity contribution < 1.29 is 0 Å². The van der Waals surface area contributed by atoms with Crippen LogP contribution in [-0.4, -0.2) is 50.9 Å². The van der Waals surface area contributed by atoms with E-state index in [1.165, 1.54) is 16.7 Å². The molecule has 0 bridgehead atoms. The van der Waals surface area contributed by atoms with E-state index >= 15 is 0 Å². The van der Waals surface area contributed by atoms with Gasteiger partial charge in [-0.25, -0.2) is 0 Å². The van der Waals surface area contributed by atoms with Crippen molar-refractivity contribution in [3.63, 3.8) is 0 Å². The number of benzene rings is 2. The highest BCUT2D eigenvalue weighted by Crippen LogP contribution is 2.20. The summed E-state index contributed by atoms with van der Waals surface area (Å²) in [4.78, 5) is 2.35. The van der Waals surface area contributed by atoms with Gasteiger partial charge in [-0.15, -0.1) is 0 Å². The molecule has 136 valence electrons. The van der Waals surface area contributed by atoms with Crippen LogP contribution in [0.4, 0.5) is 0 Å². The first-order valence-electron chi connectivity index (χ1n) is 9.23. The predicted molar refractivity (Wildman–Crippen MR) is 111 cm³/mol. The third-order valence-corrected chi connectivity index (χ3v) is 4.70. The van der Waals surface area contributed by atoms with E-state index < -0.39 is 0 Å². The Hall–Kier alpha value is -2.43. The number of rotatable bonds is 8. The molecule has 1 unspecified atom stereocenters. The van der Waals surface area contributed by atoms with E-state index in [9.17, 15) is 0 Å². The maximum atomic E-state index is 4.47. The van der Waals surface area contributed by atoms with Gasteiger partial charge < -0.3 is 15.6 Å². The maximum absolute atomic E-state index is 4.47. The van der Waals surface area contributed by atoms with Crippen LogP contribution >= 0.6 is 0 Å². The van der Waals surface area contributed by atoms with Gasteiger partial charge in [-0.3, -0.25) is 0 Å². The summed E-state index contributed by atoms with van der Waals surface area (Å²) < 4.78 is 0. The van der Waals surface area contributed by atoms with Gasteiger partial charge >= 0.3 is 0 Å². The quantitative estimate of drug-likeness (QED) is 0.770. The van der Waals surface area contributed by atoms with Crippen molar-refractivity contribution in [3.05, 3.63) is 66.2 Å². The molecule has 1 atom stereocenters. The molecule has 0 saturated carbocycles. The smallest absolute Gasteiger partial charge is 0.0665 e. The van der Waals surface area contributed by atoms with Gasteiger partial charge in [0.15, 0.2) is 0 Å². The zero-order valence-corrected chi connectivity index (χ0v) is 15.7. The monoisotopic (exact) mass is 348 g/mol. The van der Waals surface area contributed by atoms with Crippen LogP contribution in [0.3, 0.4) is 0 Å². The fourth-order valence-electron chi connectivity index (χ4n) is 3.14. The lowest BCUT2D eigenvalue weighted by Crippen LogP contribution is -2.34. The number of nitrogens with one attached hydrogen (secondary N) is 2. The van der Waals surface area contributed by atoms with E-state index in [2.05, 4.69) is 88.5 Å². The normalized spacial score (nSPS) is 16.9. The maximum Gasteiger partial charge on any atom is 0.0665 e. The number of likely N-dealkylation sites (N-methyl/N-ethyl adjacent to an activating group) is 2. The number of nitrogens with zero attached hydrogens (tertiary/aromatic N) is 2. The minimum Gasteiger partial charge on any atom is -0.318 e. The van der Waals surface area contributed by atoms with Gasteiger partial charge in [0.05, 0.1) is 5.71 Å². The molecule has 0 amide bonds. The molecule has 1 aliphatic rings. The fraction of sp³-hybridized carbons (Fsp3) is 0.318. The number of hydrazone groups is 1. The van der Waals surface area contributed by atoms with Crippen molar-refractivity contribution in [2.45, 2.75) is 0 Å². The third kappa shape index (κ3) is 5.04. The molecule has 0 aromatic heterocycles. The minimum atomic E-state index is 0.441. The molecule has 1 aliphatic heterocycles. The first kappa shape index (κ1) is 18.4. The Morgan fingerprint density at radius 1 is 1.08 bits per heavy atom. The van der Waals surface area contributed by atoms with Gasteiger partial charge in [0, 0.05) is 32.1 Å². The van der Waals surface area contributed by atoms with Gasteiger partial charge in [0.25, 0.3) is 0 Å². The molecular weight excluding hydrogens is 320 g/mol. The lowest BCUT2D eigenvalue weighted by atomic mass is 10.0. The summed E-state index contributed by atoms with van der Waals surface area (Å²) in [6.45, 7) is 3.99. The minimum absolute atomic E-state index is 0.441. The molecular formula is C22H28N4. The highest BCUT2D eigenvalue weighted by molar-refractivity contribution is 6.01. The fourth-order valence-corrected chi connectivity index (χ4v) is 3.14. The standard InChI is InChI=1S/C22H28N4/c1-23-14-15-26(2)17-21-16-24-25-22(21)13-10-18-8-11-20(12-9-18)19-6-4-3-5-7-19/h3-13,21,23-24H,14-17H2,1-2H3/b13-10+. The summed E-state index contributed by atoms with van der Waals surface area (Å²) in [7, 11) is 4.16. The SMILES string of the molecule is CNCCN(C)CC1CNN=C1/C=C/c1ccc(-c2ccccc2)cc1. The van der Waals surface area contributed by atoms with E-state index in [1.807, 2.05) is 13.1 Å². The molecule has 1 heterocycles. The Labute approximate surface area is 156 Å². The van der Waals surface area contributed by atoms with Crippen molar-refractivity contribution in [2.24, 2.45) is 11.0 Å². The number of allylic oxidation sites excluding steroid dienone is 1. The summed E-state index contributed by atoms with van der Waals surface area (Å²) in [5.41, 5.74) is 7.96. The lowest BCUT2D eigenvalue weighted by Gasteiger charge is -2.20. The molecule has 2 aromatic rings. The van der Waals surface area contributed by atoms with E-state index in [-0.39, 0.29) is 0 Å². The van der Waals surface area contributed by atoms with Gasteiger partial charge in [-0.05, 0) is 36.9 Å². The van der Waals surface area contributed by atoms with Crippen LogP contribution in [0.25, 0.3) is 17.2 Å². The van der Waals surface area contributed by atoms with Crippen LogP contribution in [0.15, 0.2) is 65.8 Å². The highest BCUT2D eigenvalue weighted by Gasteiger charge is 2.20. The molecule has 3 rings (SSSR count). The molecule has 0 spiro atoms. The van der Waals surface area contributed by atoms with Gasteiger partial charge in [0.2, 0.25) is 0 Å². The Bertz CT molecular complexity index is 734. The van der Waals surface area contributed by atoms with Crippen LogP contribution in [-0.2, 0) is 0 Å². The third-order valence-electron chi connectivity index (χ3n) is 4.70. The summed E-state index contributed by atoms with van der Waals surface area (Å²) in [5, 5.41) is 7.66. The molecule has 0 aliphatic carbocycles. The number of hydrogen-bond acceptors (Lipinski definition) is 4. The summed E-state index contributed by atoms with van der Waals surface area (Å²) in [6.07, 6.45) is 4.30. The van der Waals surface area contributed by atoms with Crippen molar-refractivity contribution in [1.29, 1.82) is 0 Å². The Morgan fingerprint density at radius 2 is 1.81 bits per heavy atom. The second kappa shape index (κ2) is 9.32. The first-order chi connectivity index (χ1) is 12.8. The van der Waals surface area contributed by atoms with Gasteiger partial charge in [-0.1, -0.05) is 60.7 Å². The Balaban J connectivity index is 1.60. The molecule has 2 N–H and O–H groups in total. The van der Waals surface area contributed by atoms with Crippen LogP contribution in [0.1, 0.15) is 5.56 Å². The first-order valence-corrected chi connectivity index (χ1v) is 9.23. The molecule has 4 nitrogen and oxygen atoms in total. The predicted octanol–water partition coefficient (Wildman–Crippen LogP) is 3.09. The van der Waals surface area contributed by atoms with E-state index in [0.717, 1.165) is 31.9 Å². The van der Waals surface area contributed by atoms with Crippen LogP contribution < -0.4 is 10.7 Å². The number of hydrogen-bond donors (Lipinski definition) is 2. The van der Waals surface area contributed by atoms with Gasteiger partial charge in [-0.2, -0.15) is 5.10 Å². The molecule has 0 fully saturated rings. The molecule has 0 radical (unpaired) electrons. The second-order valence-corrected chi connectivity index (χ2v) is 6.78. The van der Waals surface area contributed by atoms with E-state index in [0.29, 0.717) is 5.92 Å². The van der Waals surface area contributed by atoms with Crippen molar-refractivity contribution in [1.82, 2.24) is 15.6 Å². The molecule has 4 heteroatoms. The summed E-state index contributed by atoms with van der Waals surface area (Å²) in [5.74, 6) is 0.441. The zero-order chi connectivity index (χ0) is 18.2. The van der Waals surface area contributed by atoms with Crippen molar-refractivity contribution >= 4 is 11.8 Å². The Kier molecular flexibility index (Phi) is 6.58. The summed E-state index contributed by atoms with van der Waals surface area (Å²) in [6, 6.07) is 19.1. The topological polar surface area (TPSA) is 39.7 Å². The van der Waals surface area contributed by atoms with E-state index in [4.69, 9.17) is 0 Å². The highest BCUT2D eigenvalue weighted by atomic mass is 15.3. The lowest BCUT2D eigenvalue weighted by molar-refractivity contribution is 0.311. The molecule has 2 aromatic carbocycles. The van der Waals surface area contributed by atoms with Crippen LogP contribution in [0.2, 0.25) is 0 Å².